The highest BCUT2D eigenvalue weighted by Crippen LogP contribution is 2.28. The predicted octanol–water partition coefficient (Wildman–Crippen LogP) is 2.87. The lowest BCUT2D eigenvalue weighted by atomic mass is 9.90. The van der Waals surface area contributed by atoms with Crippen LogP contribution in [0.1, 0.15) is 34.8 Å². The Morgan fingerprint density at radius 1 is 1.27 bits per heavy atom. The van der Waals surface area contributed by atoms with Gasteiger partial charge in [0.05, 0.1) is 0 Å². The minimum atomic E-state index is -0.0757. The second-order valence-corrected chi connectivity index (χ2v) is 6.59. The van der Waals surface area contributed by atoms with Crippen molar-refractivity contribution in [2.24, 2.45) is 0 Å². The average molecular weight is 312 g/mol. The van der Waals surface area contributed by atoms with E-state index in [0.29, 0.717) is 5.92 Å². The van der Waals surface area contributed by atoms with Crippen molar-refractivity contribution in [1.82, 2.24) is 9.88 Å². The monoisotopic (exact) mass is 312 g/mol. The Kier molecular flexibility index (Phi) is 5.23. The first kappa shape index (κ1) is 15.2. The molecule has 0 saturated carbocycles. The zero-order chi connectivity index (χ0) is 15.2. The normalized spacial score (nSPS) is 16.2. The Bertz CT molecular complexity index is 648. The fourth-order valence-corrected chi connectivity index (χ4v) is 3.81. The van der Waals surface area contributed by atoms with Gasteiger partial charge >= 0.3 is 0 Å². The molecule has 0 aromatic carbocycles. The van der Waals surface area contributed by atoms with Gasteiger partial charge in [0.2, 0.25) is 0 Å². The summed E-state index contributed by atoms with van der Waals surface area (Å²) >= 11 is 1.76. The van der Waals surface area contributed by atoms with Gasteiger partial charge in [-0.2, -0.15) is 0 Å². The molecule has 0 spiro atoms. The molecule has 3 heterocycles. The van der Waals surface area contributed by atoms with Crippen LogP contribution >= 0.6 is 11.3 Å². The Labute approximate surface area is 135 Å². The number of thiophene rings is 1. The minimum absolute atomic E-state index is 0.0757. The maximum atomic E-state index is 8.73. The molecule has 3 nitrogen and oxygen atoms in total. The molecule has 1 N–H and O–H groups in total. The van der Waals surface area contributed by atoms with Gasteiger partial charge in [0, 0.05) is 34.8 Å². The van der Waals surface area contributed by atoms with Gasteiger partial charge in [0.15, 0.2) is 0 Å². The van der Waals surface area contributed by atoms with E-state index in [4.69, 9.17) is 5.11 Å². The number of rotatable bonds is 3. The van der Waals surface area contributed by atoms with Crippen LogP contribution in [0.4, 0.5) is 0 Å². The lowest BCUT2D eigenvalue weighted by Crippen LogP contribution is -2.32. The molecule has 1 aliphatic heterocycles. The molecule has 1 fully saturated rings. The summed E-state index contributed by atoms with van der Waals surface area (Å²) in [7, 11) is 0. The molecule has 2 aromatic rings. The topological polar surface area (TPSA) is 36.4 Å². The zero-order valence-corrected chi connectivity index (χ0v) is 13.4. The quantitative estimate of drug-likeness (QED) is 0.885. The molecule has 0 aliphatic carbocycles. The van der Waals surface area contributed by atoms with Crippen molar-refractivity contribution >= 4 is 11.3 Å². The molecule has 114 valence electrons. The number of piperidine rings is 1. The Morgan fingerprint density at radius 3 is 2.77 bits per heavy atom. The van der Waals surface area contributed by atoms with E-state index in [1.807, 2.05) is 12.4 Å². The van der Waals surface area contributed by atoms with Crippen molar-refractivity contribution in [3.63, 3.8) is 0 Å². The second kappa shape index (κ2) is 7.55. The summed E-state index contributed by atoms with van der Waals surface area (Å²) in [6.45, 7) is 3.22. The Balaban J connectivity index is 1.53. The molecule has 1 saturated heterocycles. The molecule has 0 radical (unpaired) electrons. The van der Waals surface area contributed by atoms with Crippen molar-refractivity contribution in [3.05, 3.63) is 52.0 Å². The SMILES string of the molecule is OCC#Cc1csc(CN2CCC(c3ccncc3)CC2)c1. The van der Waals surface area contributed by atoms with Gasteiger partial charge in [-0.3, -0.25) is 9.88 Å². The summed E-state index contributed by atoms with van der Waals surface area (Å²) in [6, 6.07) is 6.43. The van der Waals surface area contributed by atoms with E-state index < -0.39 is 0 Å². The van der Waals surface area contributed by atoms with E-state index in [1.165, 1.54) is 23.3 Å². The number of hydrogen-bond acceptors (Lipinski definition) is 4. The third-order valence-electron chi connectivity index (χ3n) is 4.11. The maximum absolute atomic E-state index is 8.73. The standard InChI is InChI=1S/C18H20N2OS/c21-11-1-2-15-12-18(22-14-15)13-20-9-5-17(6-10-20)16-3-7-19-8-4-16/h3-4,7-8,12,14,17,21H,5-6,9-11,13H2. The second-order valence-electron chi connectivity index (χ2n) is 5.59. The fraction of sp³-hybridized carbons (Fsp3) is 0.389. The highest BCUT2D eigenvalue weighted by molar-refractivity contribution is 7.10. The molecule has 4 heteroatoms. The molecule has 0 amide bonds. The van der Waals surface area contributed by atoms with Crippen LogP contribution in [0.15, 0.2) is 36.0 Å². The summed E-state index contributed by atoms with van der Waals surface area (Å²) in [4.78, 5) is 7.97. The lowest BCUT2D eigenvalue weighted by Gasteiger charge is -2.31. The highest BCUT2D eigenvalue weighted by atomic mass is 32.1. The number of hydrogen-bond donors (Lipinski definition) is 1. The number of aliphatic hydroxyl groups is 1. The third kappa shape index (κ3) is 3.95. The average Bonchev–Trinajstić information content (AvgIpc) is 3.02. The highest BCUT2D eigenvalue weighted by Gasteiger charge is 2.20. The first-order valence-corrected chi connectivity index (χ1v) is 8.52. The molecular weight excluding hydrogens is 292 g/mol. The van der Waals surface area contributed by atoms with Crippen LogP contribution in [0.25, 0.3) is 0 Å². The first-order valence-electron chi connectivity index (χ1n) is 7.64. The van der Waals surface area contributed by atoms with Gasteiger partial charge in [-0.25, -0.2) is 0 Å². The van der Waals surface area contributed by atoms with Crippen LogP contribution in [0.3, 0.4) is 0 Å². The van der Waals surface area contributed by atoms with Crippen LogP contribution < -0.4 is 0 Å². The van der Waals surface area contributed by atoms with E-state index in [2.05, 4.69) is 45.3 Å². The molecule has 0 bridgehead atoms. The summed E-state index contributed by atoms with van der Waals surface area (Å²) < 4.78 is 0. The van der Waals surface area contributed by atoms with Crippen LogP contribution in [0, 0.1) is 11.8 Å². The molecule has 3 rings (SSSR count). The van der Waals surface area contributed by atoms with Crippen molar-refractivity contribution in [3.8, 4) is 11.8 Å². The van der Waals surface area contributed by atoms with E-state index in [0.717, 1.165) is 25.2 Å². The van der Waals surface area contributed by atoms with Gasteiger partial charge in [-0.1, -0.05) is 11.8 Å². The molecule has 1 aliphatic rings. The molecule has 2 aromatic heterocycles. The van der Waals surface area contributed by atoms with Gasteiger partial charge in [-0.05, 0) is 55.6 Å². The van der Waals surface area contributed by atoms with Gasteiger partial charge in [-0.15, -0.1) is 11.3 Å². The number of nitrogens with zero attached hydrogens (tertiary/aromatic N) is 2. The van der Waals surface area contributed by atoms with Crippen molar-refractivity contribution < 1.29 is 5.11 Å². The van der Waals surface area contributed by atoms with Gasteiger partial charge in [0.1, 0.15) is 6.61 Å². The number of aliphatic hydroxyl groups excluding tert-OH is 1. The largest absolute Gasteiger partial charge is 0.384 e. The van der Waals surface area contributed by atoms with Crippen molar-refractivity contribution in [1.29, 1.82) is 0 Å². The van der Waals surface area contributed by atoms with E-state index in [9.17, 15) is 0 Å². The molecule has 22 heavy (non-hydrogen) atoms. The number of aromatic nitrogens is 1. The Hall–Kier alpha value is -1.67. The van der Waals surface area contributed by atoms with Crippen LogP contribution in [-0.4, -0.2) is 34.7 Å². The summed E-state index contributed by atoms with van der Waals surface area (Å²) in [5.74, 6) is 6.34. The minimum Gasteiger partial charge on any atom is -0.384 e. The zero-order valence-electron chi connectivity index (χ0n) is 12.5. The maximum Gasteiger partial charge on any atom is 0.104 e. The summed E-state index contributed by atoms with van der Waals surface area (Å²) in [5.41, 5.74) is 2.44. The Morgan fingerprint density at radius 2 is 2.05 bits per heavy atom. The summed E-state index contributed by atoms with van der Waals surface area (Å²) in [5, 5.41) is 10.8. The number of pyridine rings is 1. The van der Waals surface area contributed by atoms with Gasteiger partial charge < -0.3 is 5.11 Å². The van der Waals surface area contributed by atoms with Crippen LogP contribution in [-0.2, 0) is 6.54 Å². The van der Waals surface area contributed by atoms with E-state index in [1.54, 1.807) is 11.3 Å². The van der Waals surface area contributed by atoms with Crippen molar-refractivity contribution in [2.45, 2.75) is 25.3 Å². The molecule has 0 unspecified atom stereocenters. The molecular formula is C18H20N2OS. The predicted molar refractivity (Wildman–Crippen MR) is 89.8 cm³/mol. The van der Waals surface area contributed by atoms with E-state index in [-0.39, 0.29) is 6.61 Å². The van der Waals surface area contributed by atoms with Crippen molar-refractivity contribution in [2.75, 3.05) is 19.7 Å². The smallest absolute Gasteiger partial charge is 0.104 e. The lowest BCUT2D eigenvalue weighted by molar-refractivity contribution is 0.206. The third-order valence-corrected chi connectivity index (χ3v) is 5.03. The van der Waals surface area contributed by atoms with Crippen LogP contribution in [0.2, 0.25) is 0 Å². The van der Waals surface area contributed by atoms with Gasteiger partial charge in [0.25, 0.3) is 0 Å². The van der Waals surface area contributed by atoms with E-state index >= 15 is 0 Å². The first-order chi connectivity index (χ1) is 10.8. The molecule has 0 atom stereocenters. The van der Waals surface area contributed by atoms with Crippen LogP contribution in [0.5, 0.6) is 0 Å². The summed E-state index contributed by atoms with van der Waals surface area (Å²) in [6.07, 6.45) is 6.21. The number of likely N-dealkylation sites (tertiary alicyclic amines) is 1. The fourth-order valence-electron chi connectivity index (χ4n) is 2.95.